The molecule has 3 N–H and O–H groups in total. The maximum atomic E-state index is 9.24. The van der Waals surface area contributed by atoms with Gasteiger partial charge in [-0.2, -0.15) is 0 Å². The monoisotopic (exact) mass is 539 g/mol. The number of ether oxygens (including phenoxy) is 1. The van der Waals surface area contributed by atoms with Crippen molar-refractivity contribution in [2.24, 2.45) is 10.9 Å². The number of guanidine groups is 1. The molecule has 6 heteroatoms. The predicted octanol–water partition coefficient (Wildman–Crippen LogP) is 4.88. The summed E-state index contributed by atoms with van der Waals surface area (Å²) >= 11 is 0. The van der Waals surface area contributed by atoms with Crippen molar-refractivity contribution in [1.82, 2.24) is 10.6 Å². The number of aliphatic hydroxyl groups is 1. The maximum absolute atomic E-state index is 9.24. The van der Waals surface area contributed by atoms with E-state index >= 15 is 0 Å². The number of hydrogen-bond donors (Lipinski definition) is 3. The van der Waals surface area contributed by atoms with E-state index in [2.05, 4.69) is 60.9 Å². The molecule has 2 aromatic rings. The first kappa shape index (κ1) is 27.4. The van der Waals surface area contributed by atoms with E-state index in [1.807, 2.05) is 18.2 Å². The third kappa shape index (κ3) is 11.5. The fourth-order valence-corrected chi connectivity index (χ4v) is 3.29. The summed E-state index contributed by atoms with van der Waals surface area (Å²) < 4.78 is 5.80. The number of nitrogens with one attached hydrogen (secondary N) is 2. The van der Waals surface area contributed by atoms with Gasteiger partial charge in [0.1, 0.15) is 0 Å². The average molecular weight is 540 g/mol. The first-order valence-electron chi connectivity index (χ1n) is 11.1. The molecule has 0 aromatic heterocycles. The van der Waals surface area contributed by atoms with Crippen molar-refractivity contribution in [2.45, 2.75) is 52.9 Å². The van der Waals surface area contributed by atoms with E-state index in [0.717, 1.165) is 43.9 Å². The largest absolute Gasteiger partial charge is 0.396 e. The molecule has 0 saturated carbocycles. The van der Waals surface area contributed by atoms with E-state index in [1.54, 1.807) is 0 Å². The standard InChI is InChI=1S/C25H37N3O2.HI/c1-3-8-21(15-16-29)17-27-25(26-4-2)28-18-22-11-13-24(14-12-22)20-30-19-23-9-6-5-7-10-23;/h5-7,9-14,21,29H,3-4,8,15-20H2,1-2H3,(H2,26,27,28);1H. The van der Waals surface area contributed by atoms with Gasteiger partial charge in [0.2, 0.25) is 0 Å². The van der Waals surface area contributed by atoms with Crippen molar-refractivity contribution in [1.29, 1.82) is 0 Å². The molecule has 0 saturated heterocycles. The van der Waals surface area contributed by atoms with E-state index in [1.165, 1.54) is 11.1 Å². The van der Waals surface area contributed by atoms with Gasteiger partial charge in [-0.1, -0.05) is 67.9 Å². The van der Waals surface area contributed by atoms with E-state index in [4.69, 9.17) is 9.73 Å². The lowest BCUT2D eigenvalue weighted by Crippen LogP contribution is -2.40. The summed E-state index contributed by atoms with van der Waals surface area (Å²) in [5.41, 5.74) is 3.52. The summed E-state index contributed by atoms with van der Waals surface area (Å²) in [5, 5.41) is 16.0. The number of aliphatic imine (C=N–C) groups is 1. The summed E-state index contributed by atoms with van der Waals surface area (Å²) in [6, 6.07) is 18.7. The first-order valence-corrected chi connectivity index (χ1v) is 11.1. The lowest BCUT2D eigenvalue weighted by atomic mass is 10.0. The number of nitrogens with zero attached hydrogens (tertiary/aromatic N) is 1. The van der Waals surface area contributed by atoms with Gasteiger partial charge in [0.15, 0.2) is 5.96 Å². The van der Waals surface area contributed by atoms with Gasteiger partial charge >= 0.3 is 0 Å². The molecule has 1 unspecified atom stereocenters. The van der Waals surface area contributed by atoms with Crippen molar-refractivity contribution in [3.05, 3.63) is 71.3 Å². The molecule has 0 fully saturated rings. The second-order valence-electron chi connectivity index (χ2n) is 7.54. The molecule has 1 atom stereocenters. The molecule has 0 radical (unpaired) electrons. The Morgan fingerprint density at radius 3 is 2.16 bits per heavy atom. The van der Waals surface area contributed by atoms with Crippen LogP contribution in [0.2, 0.25) is 0 Å². The van der Waals surface area contributed by atoms with Crippen LogP contribution in [0, 0.1) is 5.92 Å². The Labute approximate surface area is 204 Å². The summed E-state index contributed by atoms with van der Waals surface area (Å²) in [7, 11) is 0. The van der Waals surface area contributed by atoms with Crippen LogP contribution in [0.1, 0.15) is 49.8 Å². The third-order valence-electron chi connectivity index (χ3n) is 4.96. The zero-order valence-electron chi connectivity index (χ0n) is 18.8. The van der Waals surface area contributed by atoms with Crippen molar-refractivity contribution in [3.63, 3.8) is 0 Å². The third-order valence-corrected chi connectivity index (χ3v) is 4.96. The van der Waals surface area contributed by atoms with Crippen molar-refractivity contribution in [2.75, 3.05) is 19.7 Å². The molecule has 0 aliphatic heterocycles. The Morgan fingerprint density at radius 2 is 1.55 bits per heavy atom. The molecule has 2 aromatic carbocycles. The lowest BCUT2D eigenvalue weighted by molar-refractivity contribution is 0.107. The molecule has 0 aliphatic carbocycles. The van der Waals surface area contributed by atoms with Crippen molar-refractivity contribution >= 4 is 29.9 Å². The Bertz CT molecular complexity index is 717. The van der Waals surface area contributed by atoms with Crippen molar-refractivity contribution in [3.8, 4) is 0 Å². The minimum absolute atomic E-state index is 0. The molecule has 0 heterocycles. The highest BCUT2D eigenvalue weighted by atomic mass is 127. The van der Waals surface area contributed by atoms with E-state index in [0.29, 0.717) is 25.7 Å². The number of aliphatic hydroxyl groups excluding tert-OH is 1. The number of benzene rings is 2. The Morgan fingerprint density at radius 1 is 0.903 bits per heavy atom. The minimum atomic E-state index is 0. The van der Waals surface area contributed by atoms with E-state index in [9.17, 15) is 5.11 Å². The van der Waals surface area contributed by atoms with Crippen LogP contribution in [-0.4, -0.2) is 30.8 Å². The van der Waals surface area contributed by atoms with Crippen molar-refractivity contribution < 1.29 is 9.84 Å². The van der Waals surface area contributed by atoms with E-state index < -0.39 is 0 Å². The van der Waals surface area contributed by atoms with Gasteiger partial charge < -0.3 is 20.5 Å². The van der Waals surface area contributed by atoms with Crippen LogP contribution in [0.4, 0.5) is 0 Å². The molecule has 172 valence electrons. The molecule has 2 rings (SSSR count). The SMILES string of the molecule is CCCC(CCO)CNC(=NCc1ccc(COCc2ccccc2)cc1)NCC.I. The summed E-state index contributed by atoms with van der Waals surface area (Å²) in [6.45, 7) is 7.99. The molecule has 5 nitrogen and oxygen atoms in total. The first-order chi connectivity index (χ1) is 14.7. The number of hydrogen-bond acceptors (Lipinski definition) is 3. The molecule has 31 heavy (non-hydrogen) atoms. The zero-order valence-corrected chi connectivity index (χ0v) is 21.2. The van der Waals surface area contributed by atoms with Gasteiger partial charge in [0, 0.05) is 19.7 Å². The van der Waals surface area contributed by atoms with Gasteiger partial charge in [-0.25, -0.2) is 4.99 Å². The van der Waals surface area contributed by atoms with Crippen LogP contribution >= 0.6 is 24.0 Å². The van der Waals surface area contributed by atoms with Crippen LogP contribution in [0.15, 0.2) is 59.6 Å². The number of halogens is 1. The molecule has 0 amide bonds. The maximum Gasteiger partial charge on any atom is 0.191 e. The van der Waals surface area contributed by atoms with Crippen LogP contribution < -0.4 is 10.6 Å². The minimum Gasteiger partial charge on any atom is -0.396 e. The average Bonchev–Trinajstić information content (AvgIpc) is 2.77. The molecule has 0 spiro atoms. The quantitative estimate of drug-likeness (QED) is 0.193. The summed E-state index contributed by atoms with van der Waals surface area (Å²) in [4.78, 5) is 4.71. The predicted molar refractivity (Wildman–Crippen MR) is 140 cm³/mol. The highest BCUT2D eigenvalue weighted by Gasteiger charge is 2.08. The number of rotatable bonds is 13. The normalized spacial score (nSPS) is 12.2. The van der Waals surface area contributed by atoms with Crippen LogP contribution in [0.25, 0.3) is 0 Å². The Kier molecular flexibility index (Phi) is 15.0. The fraction of sp³-hybridized carbons (Fsp3) is 0.480. The molecular weight excluding hydrogens is 501 g/mol. The topological polar surface area (TPSA) is 65.9 Å². The van der Waals surface area contributed by atoms with Crippen LogP contribution in [0.5, 0.6) is 0 Å². The van der Waals surface area contributed by atoms with Crippen LogP contribution in [0.3, 0.4) is 0 Å². The fourth-order valence-electron chi connectivity index (χ4n) is 3.29. The highest BCUT2D eigenvalue weighted by Crippen LogP contribution is 2.10. The Hall–Kier alpha value is -1.64. The zero-order chi connectivity index (χ0) is 21.4. The van der Waals surface area contributed by atoms with Gasteiger partial charge in [-0.3, -0.25) is 0 Å². The van der Waals surface area contributed by atoms with E-state index in [-0.39, 0.29) is 30.6 Å². The smallest absolute Gasteiger partial charge is 0.191 e. The summed E-state index contributed by atoms with van der Waals surface area (Å²) in [5.74, 6) is 1.30. The van der Waals surface area contributed by atoms with Gasteiger partial charge in [0.25, 0.3) is 0 Å². The summed E-state index contributed by atoms with van der Waals surface area (Å²) in [6.07, 6.45) is 3.07. The molecule has 0 aliphatic rings. The van der Waals surface area contributed by atoms with Gasteiger partial charge in [-0.15, -0.1) is 24.0 Å². The Balaban J connectivity index is 0.00000480. The second-order valence-corrected chi connectivity index (χ2v) is 7.54. The molecule has 0 bridgehead atoms. The molecular formula is C25H38IN3O2. The lowest BCUT2D eigenvalue weighted by Gasteiger charge is -2.18. The highest BCUT2D eigenvalue weighted by molar-refractivity contribution is 14.0. The van der Waals surface area contributed by atoms with Gasteiger partial charge in [0.05, 0.1) is 19.8 Å². The van der Waals surface area contributed by atoms with Crippen LogP contribution in [-0.2, 0) is 24.5 Å². The van der Waals surface area contributed by atoms with Gasteiger partial charge in [-0.05, 0) is 42.4 Å². The second kappa shape index (κ2) is 17.0.